The van der Waals surface area contributed by atoms with Crippen LogP contribution >= 0.6 is 0 Å². The predicted molar refractivity (Wildman–Crippen MR) is 102 cm³/mol. The molecule has 27 heavy (non-hydrogen) atoms. The number of carboxylic acid groups (broad SMARTS) is 1. The molecule has 0 bridgehead atoms. The van der Waals surface area contributed by atoms with Crippen molar-refractivity contribution in [3.63, 3.8) is 0 Å². The van der Waals surface area contributed by atoms with Gasteiger partial charge in [0.25, 0.3) is 10.1 Å². The Bertz CT molecular complexity index is 557. The van der Waals surface area contributed by atoms with Crippen LogP contribution in [0.4, 0.5) is 0 Å². The molecule has 0 N–H and O–H groups in total. The molecule has 1 aromatic rings. The van der Waals surface area contributed by atoms with Crippen molar-refractivity contribution >= 4 is 16.1 Å². The largest absolute Gasteiger partial charge is 1.00 e. The minimum absolute atomic E-state index is 0. The van der Waals surface area contributed by atoms with Crippen molar-refractivity contribution in [2.75, 3.05) is 6.61 Å². The normalized spacial score (nSPS) is 10.4. The van der Waals surface area contributed by atoms with Crippen molar-refractivity contribution in [2.24, 2.45) is 0 Å². The van der Waals surface area contributed by atoms with Crippen LogP contribution in [0, 0.1) is 0 Å². The van der Waals surface area contributed by atoms with Crippen molar-refractivity contribution in [3.8, 4) is 0 Å². The number of hydrogen-bond acceptors (Lipinski definition) is 5. The van der Waals surface area contributed by atoms with E-state index in [1.165, 1.54) is 51.4 Å². The van der Waals surface area contributed by atoms with Crippen molar-refractivity contribution < 1.29 is 52.1 Å². The summed E-state index contributed by atoms with van der Waals surface area (Å²) < 4.78 is 28.8. The molecule has 0 unspecified atom stereocenters. The standard InChI is InChI=1S/C18H30O3S.C2H4O2.Na/c1-2-3-4-5-6-7-8-9-10-14-17-21-22(19,20)18-15-12-11-13-16-18;1-2(3)4;/h11-13,15-16H,2-10,14,17H2,1H3;1H3,(H,3,4);/q;;+1/p-1. The number of benzene rings is 1. The minimum atomic E-state index is -3.57. The van der Waals surface area contributed by atoms with Crippen LogP contribution in [0.2, 0.25) is 0 Å². The molecule has 7 heteroatoms. The average Bonchev–Trinajstić information content (AvgIpc) is 2.60. The van der Waals surface area contributed by atoms with Crippen LogP contribution in [0.25, 0.3) is 0 Å². The third-order valence-corrected chi connectivity index (χ3v) is 5.09. The van der Waals surface area contributed by atoms with Crippen LogP contribution in [0.3, 0.4) is 0 Å². The maximum atomic E-state index is 11.9. The quantitative estimate of drug-likeness (QED) is 0.277. The molecule has 1 aromatic carbocycles. The van der Waals surface area contributed by atoms with E-state index in [-0.39, 0.29) is 41.1 Å². The van der Waals surface area contributed by atoms with E-state index >= 15 is 0 Å². The molecule has 0 aliphatic heterocycles. The van der Waals surface area contributed by atoms with E-state index in [0.29, 0.717) is 0 Å². The second-order valence-corrected chi connectivity index (χ2v) is 7.88. The number of unbranched alkanes of at least 4 members (excludes halogenated alkanes) is 9. The van der Waals surface area contributed by atoms with Gasteiger partial charge in [0.15, 0.2) is 0 Å². The van der Waals surface area contributed by atoms with E-state index in [2.05, 4.69) is 6.92 Å². The van der Waals surface area contributed by atoms with Crippen molar-refractivity contribution in [3.05, 3.63) is 30.3 Å². The van der Waals surface area contributed by atoms with Crippen LogP contribution in [0.5, 0.6) is 0 Å². The van der Waals surface area contributed by atoms with E-state index in [1.807, 2.05) is 0 Å². The monoisotopic (exact) mass is 408 g/mol. The summed E-state index contributed by atoms with van der Waals surface area (Å²) in [5, 5.41) is 8.89. The van der Waals surface area contributed by atoms with Crippen molar-refractivity contribution in [1.29, 1.82) is 0 Å². The molecule has 150 valence electrons. The summed E-state index contributed by atoms with van der Waals surface area (Å²) in [6, 6.07) is 8.33. The molecule has 5 nitrogen and oxygen atoms in total. The van der Waals surface area contributed by atoms with E-state index in [4.69, 9.17) is 14.1 Å². The zero-order valence-corrected chi connectivity index (χ0v) is 19.9. The summed E-state index contributed by atoms with van der Waals surface area (Å²) in [4.78, 5) is 9.13. The Kier molecular flexibility index (Phi) is 20.2. The first kappa shape index (κ1) is 28.8. The Hall–Kier alpha value is -0.400. The molecule has 0 heterocycles. The maximum Gasteiger partial charge on any atom is 1.00 e. The SMILES string of the molecule is CC(=O)[O-].CCCCCCCCCCCCOS(=O)(=O)c1ccccc1.[Na+]. The summed E-state index contributed by atoms with van der Waals surface area (Å²) in [7, 11) is -3.57. The predicted octanol–water partition coefficient (Wildman–Crippen LogP) is 1.07. The third kappa shape index (κ3) is 18.7. The first-order valence-corrected chi connectivity index (χ1v) is 10.9. The third-order valence-electron chi connectivity index (χ3n) is 3.77. The van der Waals surface area contributed by atoms with E-state index in [9.17, 15) is 8.42 Å². The first-order valence-electron chi connectivity index (χ1n) is 9.52. The summed E-state index contributed by atoms with van der Waals surface area (Å²) in [5.74, 6) is -1.08. The molecule has 0 saturated heterocycles. The van der Waals surface area contributed by atoms with E-state index < -0.39 is 16.1 Å². The van der Waals surface area contributed by atoms with Gasteiger partial charge in [-0.15, -0.1) is 0 Å². The smallest absolute Gasteiger partial charge is 0.550 e. The molecule has 1 rings (SSSR count). The number of aliphatic carboxylic acids is 1. The second kappa shape index (κ2) is 18.9. The molecule has 0 aliphatic carbocycles. The molecule has 0 aliphatic rings. The van der Waals surface area contributed by atoms with Gasteiger partial charge < -0.3 is 9.90 Å². The number of carboxylic acids is 1. The Labute approximate surface area is 187 Å². The Morgan fingerprint density at radius 3 is 1.74 bits per heavy atom. The number of hydrogen-bond donors (Lipinski definition) is 0. The Morgan fingerprint density at radius 1 is 0.889 bits per heavy atom. The second-order valence-electron chi connectivity index (χ2n) is 6.26. The summed E-state index contributed by atoms with van der Waals surface area (Å²) >= 11 is 0. The Balaban J connectivity index is 0. The zero-order chi connectivity index (χ0) is 19.7. The van der Waals surface area contributed by atoms with Gasteiger partial charge in [0, 0.05) is 5.97 Å². The van der Waals surface area contributed by atoms with Crippen molar-refractivity contribution in [2.45, 2.75) is 83.0 Å². The van der Waals surface area contributed by atoms with Gasteiger partial charge in [0.2, 0.25) is 0 Å². The topological polar surface area (TPSA) is 83.5 Å². The van der Waals surface area contributed by atoms with Crippen LogP contribution in [-0.2, 0) is 19.1 Å². The summed E-state index contributed by atoms with van der Waals surface area (Å²) in [6.45, 7) is 3.49. The minimum Gasteiger partial charge on any atom is -0.550 e. The molecule has 0 spiro atoms. The number of rotatable bonds is 13. The summed E-state index contributed by atoms with van der Waals surface area (Å²) in [5.41, 5.74) is 0. The van der Waals surface area contributed by atoms with Gasteiger partial charge >= 0.3 is 29.6 Å². The molecule has 0 aromatic heterocycles. The van der Waals surface area contributed by atoms with Gasteiger partial charge in [-0.1, -0.05) is 82.9 Å². The van der Waals surface area contributed by atoms with Gasteiger partial charge in [-0.25, -0.2) is 0 Å². The fraction of sp³-hybridized carbons (Fsp3) is 0.650. The molecule has 0 atom stereocenters. The van der Waals surface area contributed by atoms with Gasteiger partial charge in [0.1, 0.15) is 0 Å². The number of carbonyl (C=O) groups excluding carboxylic acids is 1. The fourth-order valence-electron chi connectivity index (χ4n) is 2.41. The van der Waals surface area contributed by atoms with E-state index in [0.717, 1.165) is 19.8 Å². The maximum absolute atomic E-state index is 11.9. The van der Waals surface area contributed by atoms with Gasteiger partial charge in [0.05, 0.1) is 11.5 Å². The van der Waals surface area contributed by atoms with E-state index in [1.54, 1.807) is 30.3 Å². The molecule has 0 amide bonds. The van der Waals surface area contributed by atoms with Crippen LogP contribution < -0.4 is 34.7 Å². The molecule has 0 fully saturated rings. The zero-order valence-electron chi connectivity index (χ0n) is 17.1. The molecular weight excluding hydrogens is 375 g/mol. The fourth-order valence-corrected chi connectivity index (χ4v) is 3.38. The van der Waals surface area contributed by atoms with Gasteiger partial charge in [-0.3, -0.25) is 4.18 Å². The van der Waals surface area contributed by atoms with Crippen molar-refractivity contribution in [1.82, 2.24) is 0 Å². The summed E-state index contributed by atoms with van der Waals surface area (Å²) in [6.07, 6.45) is 12.3. The Morgan fingerprint density at radius 2 is 1.30 bits per heavy atom. The van der Waals surface area contributed by atoms with Crippen LogP contribution in [-0.4, -0.2) is 21.0 Å². The molecule has 0 saturated carbocycles. The average molecular weight is 409 g/mol. The number of carbonyl (C=O) groups is 1. The molecular formula is C20H33NaO5S. The molecule has 0 radical (unpaired) electrons. The van der Waals surface area contributed by atoms with Gasteiger partial charge in [-0.05, 0) is 25.5 Å². The van der Waals surface area contributed by atoms with Crippen LogP contribution in [0.1, 0.15) is 78.1 Å². The first-order chi connectivity index (χ1) is 12.4. The van der Waals surface area contributed by atoms with Crippen LogP contribution in [0.15, 0.2) is 35.2 Å². The van der Waals surface area contributed by atoms with Gasteiger partial charge in [-0.2, -0.15) is 8.42 Å².